The molecule has 0 aliphatic heterocycles. The summed E-state index contributed by atoms with van der Waals surface area (Å²) < 4.78 is 5.20. The molecule has 1 rings (SSSR count). The molecule has 0 aliphatic carbocycles. The van der Waals surface area contributed by atoms with Gasteiger partial charge in [0.2, 0.25) is 0 Å². The van der Waals surface area contributed by atoms with Crippen LogP contribution in [-0.2, 0) is 0 Å². The van der Waals surface area contributed by atoms with Gasteiger partial charge in [0.25, 0.3) is 0 Å². The van der Waals surface area contributed by atoms with E-state index < -0.39 is 0 Å². The Kier molecular flexibility index (Phi) is 4.76. The van der Waals surface area contributed by atoms with Gasteiger partial charge in [-0.2, -0.15) is 11.8 Å². The molecule has 0 spiro atoms. The Labute approximate surface area is 89.1 Å². The minimum absolute atomic E-state index is 0.0291. The fraction of sp³-hybridized carbons (Fsp3) is 0.500. The summed E-state index contributed by atoms with van der Waals surface area (Å²) >= 11 is 1.79. The molecule has 1 heterocycles. The maximum Gasteiger partial charge on any atom is 0.141 e. The minimum Gasteiger partial charge on any atom is -0.495 e. The maximum atomic E-state index is 6.00. The first-order chi connectivity index (χ1) is 6.79. The third-order valence-corrected chi connectivity index (χ3v) is 2.65. The molecule has 0 radical (unpaired) electrons. The van der Waals surface area contributed by atoms with Gasteiger partial charge < -0.3 is 10.5 Å². The Bertz CT molecular complexity index is 281. The molecule has 1 unspecified atom stereocenters. The molecule has 3 nitrogen and oxygen atoms in total. The molecule has 0 aliphatic rings. The first-order valence-corrected chi connectivity index (χ1v) is 5.92. The van der Waals surface area contributed by atoms with E-state index in [0.29, 0.717) is 0 Å². The number of methoxy groups -OCH3 is 1. The van der Waals surface area contributed by atoms with Gasteiger partial charge in [-0.1, -0.05) is 0 Å². The van der Waals surface area contributed by atoms with E-state index in [1.54, 1.807) is 25.1 Å². The molecule has 0 saturated carbocycles. The average Bonchev–Trinajstić information content (AvgIpc) is 2.25. The summed E-state index contributed by atoms with van der Waals surface area (Å²) in [7, 11) is 1.64. The highest BCUT2D eigenvalue weighted by Gasteiger charge is 2.11. The van der Waals surface area contributed by atoms with E-state index in [4.69, 9.17) is 10.5 Å². The highest BCUT2D eigenvalue weighted by Crippen LogP contribution is 2.23. The fourth-order valence-electron chi connectivity index (χ4n) is 1.24. The summed E-state index contributed by atoms with van der Waals surface area (Å²) in [6.07, 6.45) is 4.74. The molecule has 0 aromatic carbocycles. The molecule has 0 bridgehead atoms. The molecule has 4 heteroatoms. The van der Waals surface area contributed by atoms with E-state index in [1.807, 2.05) is 12.1 Å². The first-order valence-electron chi connectivity index (χ1n) is 4.53. The molecule has 1 aromatic heterocycles. The lowest BCUT2D eigenvalue weighted by molar-refractivity contribution is 0.401. The number of hydrogen-bond acceptors (Lipinski definition) is 4. The van der Waals surface area contributed by atoms with Crippen molar-refractivity contribution in [3.05, 3.63) is 24.0 Å². The normalized spacial score (nSPS) is 12.5. The third-order valence-electron chi connectivity index (χ3n) is 2.00. The molecule has 78 valence electrons. The van der Waals surface area contributed by atoms with Gasteiger partial charge in [0.05, 0.1) is 18.8 Å². The van der Waals surface area contributed by atoms with Crippen LogP contribution in [0.15, 0.2) is 18.3 Å². The van der Waals surface area contributed by atoms with Crippen molar-refractivity contribution in [1.82, 2.24) is 4.98 Å². The number of aromatic nitrogens is 1. The smallest absolute Gasteiger partial charge is 0.141 e. The van der Waals surface area contributed by atoms with Crippen molar-refractivity contribution >= 4 is 11.8 Å². The van der Waals surface area contributed by atoms with E-state index in [9.17, 15) is 0 Å². The van der Waals surface area contributed by atoms with Crippen LogP contribution >= 0.6 is 11.8 Å². The van der Waals surface area contributed by atoms with Gasteiger partial charge in [-0.3, -0.25) is 4.98 Å². The highest BCUT2D eigenvalue weighted by molar-refractivity contribution is 7.98. The largest absolute Gasteiger partial charge is 0.495 e. The van der Waals surface area contributed by atoms with Crippen molar-refractivity contribution in [2.45, 2.75) is 12.5 Å². The van der Waals surface area contributed by atoms with Gasteiger partial charge in [0.1, 0.15) is 5.75 Å². The average molecular weight is 212 g/mol. The zero-order chi connectivity index (χ0) is 10.4. The van der Waals surface area contributed by atoms with E-state index in [0.717, 1.165) is 23.6 Å². The van der Waals surface area contributed by atoms with Crippen LogP contribution in [0.4, 0.5) is 0 Å². The fourth-order valence-corrected chi connectivity index (χ4v) is 1.73. The van der Waals surface area contributed by atoms with Gasteiger partial charge in [-0.15, -0.1) is 0 Å². The zero-order valence-corrected chi connectivity index (χ0v) is 9.38. The molecule has 1 aromatic rings. The van der Waals surface area contributed by atoms with Gasteiger partial charge in [0.15, 0.2) is 0 Å². The SMILES string of the molecule is COc1cccnc1C(N)CCSC. The van der Waals surface area contributed by atoms with Gasteiger partial charge in [0, 0.05) is 6.20 Å². The molecule has 0 saturated heterocycles. The molecule has 2 N–H and O–H groups in total. The second kappa shape index (κ2) is 5.88. The lowest BCUT2D eigenvalue weighted by atomic mass is 10.1. The van der Waals surface area contributed by atoms with Crippen LogP contribution in [0.2, 0.25) is 0 Å². The van der Waals surface area contributed by atoms with Crippen LogP contribution in [-0.4, -0.2) is 24.1 Å². The quantitative estimate of drug-likeness (QED) is 0.809. The second-order valence-electron chi connectivity index (χ2n) is 2.98. The molecular weight excluding hydrogens is 196 g/mol. The van der Waals surface area contributed by atoms with Crippen molar-refractivity contribution in [2.75, 3.05) is 19.1 Å². The number of rotatable bonds is 5. The number of ether oxygens (including phenoxy) is 1. The molecule has 1 atom stereocenters. The van der Waals surface area contributed by atoms with Crippen molar-refractivity contribution in [3.8, 4) is 5.75 Å². The lowest BCUT2D eigenvalue weighted by Crippen LogP contribution is -2.14. The van der Waals surface area contributed by atoms with Crippen LogP contribution in [0.3, 0.4) is 0 Å². The predicted octanol–water partition coefficient (Wildman–Crippen LogP) is 1.84. The van der Waals surface area contributed by atoms with Crippen molar-refractivity contribution in [1.29, 1.82) is 0 Å². The number of nitrogens with zero attached hydrogens (tertiary/aromatic N) is 1. The van der Waals surface area contributed by atoms with Gasteiger partial charge >= 0.3 is 0 Å². The zero-order valence-electron chi connectivity index (χ0n) is 8.56. The van der Waals surface area contributed by atoms with E-state index in [-0.39, 0.29) is 6.04 Å². The summed E-state index contributed by atoms with van der Waals surface area (Å²) in [5, 5.41) is 0. The van der Waals surface area contributed by atoms with Crippen molar-refractivity contribution in [2.24, 2.45) is 5.73 Å². The van der Waals surface area contributed by atoms with Crippen molar-refractivity contribution in [3.63, 3.8) is 0 Å². The van der Waals surface area contributed by atoms with E-state index in [2.05, 4.69) is 11.2 Å². The highest BCUT2D eigenvalue weighted by atomic mass is 32.2. The Morgan fingerprint density at radius 3 is 3.07 bits per heavy atom. The monoisotopic (exact) mass is 212 g/mol. The van der Waals surface area contributed by atoms with Gasteiger partial charge in [-0.25, -0.2) is 0 Å². The summed E-state index contributed by atoms with van der Waals surface area (Å²) in [5.41, 5.74) is 6.85. The Morgan fingerprint density at radius 1 is 1.64 bits per heavy atom. The Morgan fingerprint density at radius 2 is 2.43 bits per heavy atom. The second-order valence-corrected chi connectivity index (χ2v) is 3.96. The van der Waals surface area contributed by atoms with E-state index >= 15 is 0 Å². The molecule has 0 fully saturated rings. The molecule has 14 heavy (non-hydrogen) atoms. The lowest BCUT2D eigenvalue weighted by Gasteiger charge is -2.13. The number of hydrogen-bond donors (Lipinski definition) is 1. The molecule has 0 amide bonds. The third kappa shape index (κ3) is 2.89. The molecular formula is C10H16N2OS. The van der Waals surface area contributed by atoms with E-state index in [1.165, 1.54) is 0 Å². The minimum atomic E-state index is -0.0291. The summed E-state index contributed by atoms with van der Waals surface area (Å²) in [4.78, 5) is 4.24. The number of nitrogens with two attached hydrogens (primary N) is 1. The van der Waals surface area contributed by atoms with Crippen LogP contribution in [0.25, 0.3) is 0 Å². The summed E-state index contributed by atoms with van der Waals surface area (Å²) in [6.45, 7) is 0. The summed E-state index contributed by atoms with van der Waals surface area (Å²) in [6, 6.07) is 3.71. The van der Waals surface area contributed by atoms with Crippen LogP contribution < -0.4 is 10.5 Å². The van der Waals surface area contributed by atoms with Crippen LogP contribution in [0, 0.1) is 0 Å². The predicted molar refractivity (Wildman–Crippen MR) is 60.7 cm³/mol. The number of pyridine rings is 1. The Balaban J connectivity index is 2.72. The standard InChI is InChI=1S/C10H16N2OS/c1-13-9-4-3-6-12-10(9)8(11)5-7-14-2/h3-4,6,8H,5,7,11H2,1-2H3. The maximum absolute atomic E-state index is 6.00. The summed E-state index contributed by atoms with van der Waals surface area (Å²) in [5.74, 6) is 1.82. The topological polar surface area (TPSA) is 48.1 Å². The van der Waals surface area contributed by atoms with Crippen LogP contribution in [0.1, 0.15) is 18.2 Å². The Hall–Kier alpha value is -0.740. The first kappa shape index (κ1) is 11.3. The van der Waals surface area contributed by atoms with Crippen LogP contribution in [0.5, 0.6) is 5.75 Å². The number of thioether (sulfide) groups is 1. The van der Waals surface area contributed by atoms with Gasteiger partial charge in [-0.05, 0) is 30.6 Å². The van der Waals surface area contributed by atoms with Crippen molar-refractivity contribution < 1.29 is 4.74 Å².